The van der Waals surface area contributed by atoms with E-state index in [1.54, 1.807) is 13.0 Å². The van der Waals surface area contributed by atoms with Crippen molar-refractivity contribution < 1.29 is 14.3 Å². The number of Topliss-reactive ketones (excluding diaryl/α,β-unsaturated/α-hetero) is 1. The highest BCUT2D eigenvalue weighted by atomic mass is 16.6. The molecule has 1 aromatic rings. The number of aryl methyl sites for hydroxylation is 1. The van der Waals surface area contributed by atoms with E-state index in [1.165, 1.54) is 0 Å². The summed E-state index contributed by atoms with van der Waals surface area (Å²) in [5.41, 5.74) is 1.71. The van der Waals surface area contributed by atoms with E-state index in [-0.39, 0.29) is 11.9 Å². The summed E-state index contributed by atoms with van der Waals surface area (Å²) in [5.74, 6) is 0.887. The fraction of sp³-hybridized carbons (Fsp3) is 0.417. The molecule has 0 aromatic heterocycles. The molecule has 3 heteroatoms. The molecule has 1 atom stereocenters. The van der Waals surface area contributed by atoms with Crippen molar-refractivity contribution in [1.29, 1.82) is 0 Å². The molecule has 1 fully saturated rings. The second-order valence-corrected chi connectivity index (χ2v) is 3.80. The minimum absolute atomic E-state index is 0.0876. The molecule has 1 saturated heterocycles. The number of rotatable bonds is 4. The van der Waals surface area contributed by atoms with Crippen molar-refractivity contribution in [3.05, 3.63) is 29.3 Å². The van der Waals surface area contributed by atoms with Crippen molar-refractivity contribution in [2.24, 2.45) is 0 Å². The van der Waals surface area contributed by atoms with E-state index in [0.717, 1.165) is 23.5 Å². The topological polar surface area (TPSA) is 38.8 Å². The van der Waals surface area contributed by atoms with Gasteiger partial charge in [0.1, 0.15) is 18.5 Å². The quantitative estimate of drug-likeness (QED) is 0.558. The van der Waals surface area contributed by atoms with Crippen molar-refractivity contribution in [3.8, 4) is 5.75 Å². The average molecular weight is 206 g/mol. The maximum Gasteiger partial charge on any atom is 0.160 e. The largest absolute Gasteiger partial charge is 0.491 e. The third-order valence-corrected chi connectivity index (χ3v) is 2.42. The van der Waals surface area contributed by atoms with Crippen LogP contribution >= 0.6 is 0 Å². The Morgan fingerprint density at radius 1 is 1.60 bits per heavy atom. The van der Waals surface area contributed by atoms with Crippen LogP contribution in [0.2, 0.25) is 0 Å². The molecule has 0 spiro atoms. The van der Waals surface area contributed by atoms with Crippen LogP contribution in [0, 0.1) is 6.92 Å². The zero-order valence-corrected chi connectivity index (χ0v) is 8.95. The third kappa shape index (κ3) is 2.57. The molecule has 0 radical (unpaired) electrons. The lowest BCUT2D eigenvalue weighted by Crippen LogP contribution is -2.05. The number of carbonyl (C=O) groups excluding carboxylic acids is 1. The van der Waals surface area contributed by atoms with Gasteiger partial charge >= 0.3 is 0 Å². The van der Waals surface area contributed by atoms with Crippen LogP contribution < -0.4 is 4.74 Å². The van der Waals surface area contributed by atoms with Gasteiger partial charge in [0.25, 0.3) is 0 Å². The Morgan fingerprint density at radius 2 is 2.33 bits per heavy atom. The number of ketones is 1. The summed E-state index contributed by atoms with van der Waals surface area (Å²) in [6.07, 6.45) is 0.262. The van der Waals surface area contributed by atoms with E-state index in [4.69, 9.17) is 9.47 Å². The first-order valence-electron chi connectivity index (χ1n) is 5.03. The van der Waals surface area contributed by atoms with E-state index in [2.05, 4.69) is 0 Å². The Kier molecular flexibility index (Phi) is 2.73. The van der Waals surface area contributed by atoms with Gasteiger partial charge in [-0.05, 0) is 37.6 Å². The molecule has 0 bridgehead atoms. The Bertz CT molecular complexity index is 380. The Hall–Kier alpha value is -1.35. The monoisotopic (exact) mass is 206 g/mol. The summed E-state index contributed by atoms with van der Waals surface area (Å²) in [5, 5.41) is 0. The van der Waals surface area contributed by atoms with Crippen LogP contribution in [-0.4, -0.2) is 25.1 Å². The first-order chi connectivity index (χ1) is 7.16. The van der Waals surface area contributed by atoms with Gasteiger partial charge in [-0.1, -0.05) is 0 Å². The summed E-state index contributed by atoms with van der Waals surface area (Å²) in [4.78, 5) is 11.2. The summed E-state index contributed by atoms with van der Waals surface area (Å²) >= 11 is 0. The van der Waals surface area contributed by atoms with Crippen LogP contribution in [0.15, 0.2) is 18.2 Å². The van der Waals surface area contributed by atoms with Crippen molar-refractivity contribution in [3.63, 3.8) is 0 Å². The predicted molar refractivity (Wildman–Crippen MR) is 56.4 cm³/mol. The zero-order chi connectivity index (χ0) is 10.8. The fourth-order valence-electron chi connectivity index (χ4n) is 1.47. The highest BCUT2D eigenvalue weighted by Crippen LogP contribution is 2.19. The van der Waals surface area contributed by atoms with Crippen LogP contribution in [0.3, 0.4) is 0 Å². The summed E-state index contributed by atoms with van der Waals surface area (Å²) < 4.78 is 10.6. The molecule has 0 unspecified atom stereocenters. The van der Waals surface area contributed by atoms with Crippen LogP contribution in [0.5, 0.6) is 5.75 Å². The minimum Gasteiger partial charge on any atom is -0.491 e. The van der Waals surface area contributed by atoms with E-state index in [0.29, 0.717) is 6.61 Å². The molecular weight excluding hydrogens is 192 g/mol. The highest BCUT2D eigenvalue weighted by Gasteiger charge is 2.23. The first-order valence-corrected chi connectivity index (χ1v) is 5.03. The molecular formula is C12H14O3. The molecule has 0 amide bonds. The van der Waals surface area contributed by atoms with Crippen LogP contribution in [0.25, 0.3) is 0 Å². The maximum absolute atomic E-state index is 11.2. The van der Waals surface area contributed by atoms with Gasteiger partial charge in [-0.2, -0.15) is 0 Å². The Labute approximate surface area is 89.0 Å². The predicted octanol–water partition coefficient (Wildman–Crippen LogP) is 1.98. The second-order valence-electron chi connectivity index (χ2n) is 3.80. The molecule has 0 aliphatic carbocycles. The number of benzene rings is 1. The minimum atomic E-state index is 0.0876. The van der Waals surface area contributed by atoms with Crippen molar-refractivity contribution in [1.82, 2.24) is 0 Å². The number of carbonyl (C=O) groups is 1. The van der Waals surface area contributed by atoms with Crippen molar-refractivity contribution in [2.45, 2.75) is 20.0 Å². The van der Waals surface area contributed by atoms with Crippen LogP contribution in [0.4, 0.5) is 0 Å². The Balaban J connectivity index is 2.06. The molecule has 1 aromatic carbocycles. The standard InChI is InChI=1S/C12H14O3/c1-8-5-10(14-6-11-7-15-11)3-4-12(8)9(2)13/h3-5,11H,6-7H2,1-2H3/t11-/m1/s1. The van der Waals surface area contributed by atoms with Gasteiger partial charge in [-0.25, -0.2) is 0 Å². The maximum atomic E-state index is 11.2. The molecule has 0 N–H and O–H groups in total. The van der Waals surface area contributed by atoms with Crippen molar-refractivity contribution in [2.75, 3.05) is 13.2 Å². The number of epoxide rings is 1. The van der Waals surface area contributed by atoms with Crippen molar-refractivity contribution >= 4 is 5.78 Å². The fourth-order valence-corrected chi connectivity index (χ4v) is 1.47. The molecule has 0 saturated carbocycles. The molecule has 1 aliphatic heterocycles. The van der Waals surface area contributed by atoms with Gasteiger partial charge in [0.15, 0.2) is 5.78 Å². The molecule has 80 valence electrons. The number of hydrogen-bond acceptors (Lipinski definition) is 3. The SMILES string of the molecule is CC(=O)c1ccc(OC[C@@H]2CO2)cc1C. The van der Waals surface area contributed by atoms with E-state index >= 15 is 0 Å². The summed E-state index contributed by atoms with van der Waals surface area (Å²) in [7, 11) is 0. The van der Waals surface area contributed by atoms with Crippen LogP contribution in [0.1, 0.15) is 22.8 Å². The van der Waals surface area contributed by atoms with E-state index in [1.807, 2.05) is 19.1 Å². The normalized spacial score (nSPS) is 18.7. The molecule has 1 aliphatic rings. The number of hydrogen-bond donors (Lipinski definition) is 0. The Morgan fingerprint density at radius 3 is 2.87 bits per heavy atom. The molecule has 15 heavy (non-hydrogen) atoms. The van der Waals surface area contributed by atoms with Gasteiger partial charge in [0.2, 0.25) is 0 Å². The number of ether oxygens (including phenoxy) is 2. The third-order valence-electron chi connectivity index (χ3n) is 2.42. The lowest BCUT2D eigenvalue weighted by molar-refractivity contribution is 0.101. The molecule has 1 heterocycles. The molecule has 3 nitrogen and oxygen atoms in total. The first kappa shape index (κ1) is 10.2. The average Bonchev–Trinajstić information content (AvgIpc) is 2.97. The zero-order valence-electron chi connectivity index (χ0n) is 8.95. The van der Waals surface area contributed by atoms with Gasteiger partial charge in [-0.3, -0.25) is 4.79 Å². The smallest absolute Gasteiger partial charge is 0.160 e. The van der Waals surface area contributed by atoms with Gasteiger partial charge < -0.3 is 9.47 Å². The van der Waals surface area contributed by atoms with Gasteiger partial charge in [0, 0.05) is 5.56 Å². The van der Waals surface area contributed by atoms with Crippen LogP contribution in [-0.2, 0) is 4.74 Å². The molecule has 2 rings (SSSR count). The van der Waals surface area contributed by atoms with E-state index in [9.17, 15) is 4.79 Å². The summed E-state index contributed by atoms with van der Waals surface area (Å²) in [6, 6.07) is 5.52. The second kappa shape index (κ2) is 4.03. The van der Waals surface area contributed by atoms with Gasteiger partial charge in [0.05, 0.1) is 6.61 Å². The lowest BCUT2D eigenvalue weighted by Gasteiger charge is -2.07. The highest BCUT2D eigenvalue weighted by molar-refractivity contribution is 5.95. The summed E-state index contributed by atoms with van der Waals surface area (Å²) in [6.45, 7) is 4.88. The van der Waals surface area contributed by atoms with E-state index < -0.39 is 0 Å². The lowest BCUT2D eigenvalue weighted by atomic mass is 10.1. The van der Waals surface area contributed by atoms with Gasteiger partial charge in [-0.15, -0.1) is 0 Å².